The molecule has 2 aromatic heterocycles. The van der Waals surface area contributed by atoms with Crippen LogP contribution in [0.2, 0.25) is 4.34 Å². The summed E-state index contributed by atoms with van der Waals surface area (Å²) in [6.07, 6.45) is 1.44. The summed E-state index contributed by atoms with van der Waals surface area (Å²) in [7, 11) is 3.72. The second-order valence-electron chi connectivity index (χ2n) is 10.3. The third kappa shape index (κ3) is 6.99. The molecule has 41 heavy (non-hydrogen) atoms. The Hall–Kier alpha value is -3.22. The lowest BCUT2D eigenvalue weighted by molar-refractivity contribution is 0.0920. The van der Waals surface area contributed by atoms with Gasteiger partial charge < -0.3 is 24.6 Å². The first kappa shape index (κ1) is 29.3. The maximum absolute atomic E-state index is 13.5. The normalized spacial score (nSPS) is 18.1. The zero-order valence-corrected chi connectivity index (χ0v) is 24.7. The summed E-state index contributed by atoms with van der Waals surface area (Å²) >= 11 is 7.11. The van der Waals surface area contributed by atoms with E-state index in [2.05, 4.69) is 22.2 Å². The number of hydrogen-bond donors (Lipinski definition) is 1. The fraction of sp³-hybridized carbons (Fsp3) is 0.414. The van der Waals surface area contributed by atoms with Gasteiger partial charge in [0, 0.05) is 62.8 Å². The van der Waals surface area contributed by atoms with E-state index in [1.54, 1.807) is 36.1 Å². The molecule has 0 spiro atoms. The van der Waals surface area contributed by atoms with Crippen LogP contribution in [0.5, 0.6) is 0 Å². The minimum absolute atomic E-state index is 0.0600. The van der Waals surface area contributed by atoms with Crippen molar-refractivity contribution in [3.63, 3.8) is 0 Å². The molecular weight excluding hydrogens is 566 g/mol. The van der Waals surface area contributed by atoms with Crippen LogP contribution in [-0.4, -0.2) is 92.4 Å². The summed E-state index contributed by atoms with van der Waals surface area (Å²) in [5.41, 5.74) is 2.80. The summed E-state index contributed by atoms with van der Waals surface area (Å²) in [5.74, 6) is -0.265. The molecule has 0 bridgehead atoms. The van der Waals surface area contributed by atoms with Crippen LogP contribution in [0, 0.1) is 0 Å². The van der Waals surface area contributed by atoms with Crippen molar-refractivity contribution in [2.75, 3.05) is 64.9 Å². The van der Waals surface area contributed by atoms with Gasteiger partial charge in [-0.3, -0.25) is 19.1 Å². The van der Waals surface area contributed by atoms with Crippen molar-refractivity contribution in [1.82, 2.24) is 19.7 Å². The van der Waals surface area contributed by atoms with E-state index >= 15 is 0 Å². The standard InChI is InChI=1S/C29H34ClN5O5S/c1-32-12-14-33(15-13-32)11-9-20-4-3-10-34(28(20)37)24-6-5-22(16-21(24)19-39-2)35-18-23(40-29(35)38)17-31-27(36)25-7-8-26(30)41-25/h3-8,10,16,23H,9,11-15,17-19H2,1-2H3,(H,31,36)/t23-/m0/s1. The maximum Gasteiger partial charge on any atom is 0.414 e. The number of benzene rings is 1. The van der Waals surface area contributed by atoms with Gasteiger partial charge in [-0.05, 0) is 49.9 Å². The number of amides is 2. The van der Waals surface area contributed by atoms with Gasteiger partial charge in [0.05, 0.1) is 34.6 Å². The fourth-order valence-electron chi connectivity index (χ4n) is 5.08. The molecule has 4 heterocycles. The van der Waals surface area contributed by atoms with E-state index in [0.717, 1.165) is 43.9 Å². The molecule has 218 valence electrons. The number of thiophene rings is 1. The molecule has 0 unspecified atom stereocenters. The Morgan fingerprint density at radius 2 is 1.93 bits per heavy atom. The van der Waals surface area contributed by atoms with Gasteiger partial charge >= 0.3 is 6.09 Å². The van der Waals surface area contributed by atoms with Crippen molar-refractivity contribution in [2.24, 2.45) is 0 Å². The van der Waals surface area contributed by atoms with Gasteiger partial charge in [0.25, 0.3) is 11.5 Å². The fourth-order valence-corrected chi connectivity index (χ4v) is 6.04. The first-order chi connectivity index (χ1) is 19.8. The van der Waals surface area contributed by atoms with Gasteiger partial charge in [-0.2, -0.15) is 0 Å². The van der Waals surface area contributed by atoms with Gasteiger partial charge in [-0.25, -0.2) is 4.79 Å². The van der Waals surface area contributed by atoms with Crippen LogP contribution < -0.4 is 15.8 Å². The number of cyclic esters (lactones) is 1. The van der Waals surface area contributed by atoms with Crippen LogP contribution >= 0.6 is 22.9 Å². The molecule has 3 aromatic rings. The van der Waals surface area contributed by atoms with Gasteiger partial charge in [0.2, 0.25) is 0 Å². The summed E-state index contributed by atoms with van der Waals surface area (Å²) in [5, 5.41) is 2.80. The molecule has 12 heteroatoms. The molecule has 1 atom stereocenters. The molecule has 10 nitrogen and oxygen atoms in total. The first-order valence-corrected chi connectivity index (χ1v) is 14.8. The second-order valence-corrected chi connectivity index (χ2v) is 12.0. The SMILES string of the molecule is COCc1cc(N2C[C@H](CNC(=O)c3ccc(Cl)s3)OC2=O)ccc1-n1cccc(CCN2CCN(C)CC2)c1=O. The number of piperazine rings is 1. The number of nitrogens with one attached hydrogen (secondary N) is 1. The quantitative estimate of drug-likeness (QED) is 0.382. The smallest absolute Gasteiger partial charge is 0.414 e. The van der Waals surface area contributed by atoms with Crippen molar-refractivity contribution >= 4 is 40.6 Å². The largest absolute Gasteiger partial charge is 0.442 e. The van der Waals surface area contributed by atoms with E-state index in [0.29, 0.717) is 27.0 Å². The Balaban J connectivity index is 1.28. The van der Waals surface area contributed by atoms with Crippen LogP contribution in [-0.2, 0) is 22.5 Å². The zero-order valence-electron chi connectivity index (χ0n) is 23.2. The lowest BCUT2D eigenvalue weighted by atomic mass is 10.1. The molecule has 1 aromatic carbocycles. The summed E-state index contributed by atoms with van der Waals surface area (Å²) < 4.78 is 13.1. The molecule has 1 N–H and O–H groups in total. The number of carbonyl (C=O) groups is 2. The lowest BCUT2D eigenvalue weighted by Crippen LogP contribution is -2.45. The highest BCUT2D eigenvalue weighted by atomic mass is 35.5. The topological polar surface area (TPSA) is 96.3 Å². The number of anilines is 1. The van der Waals surface area contributed by atoms with Gasteiger partial charge in [-0.15, -0.1) is 11.3 Å². The summed E-state index contributed by atoms with van der Waals surface area (Å²) in [4.78, 5) is 45.3. The molecule has 0 radical (unpaired) electrons. The number of hydrogen-bond acceptors (Lipinski definition) is 8. The highest BCUT2D eigenvalue weighted by Gasteiger charge is 2.33. The van der Waals surface area contributed by atoms with E-state index in [-0.39, 0.29) is 31.2 Å². The van der Waals surface area contributed by atoms with Crippen molar-refractivity contribution in [3.8, 4) is 5.69 Å². The average Bonchev–Trinajstić information content (AvgIpc) is 3.57. The Kier molecular flexibility index (Phi) is 9.41. The van der Waals surface area contributed by atoms with Crippen molar-refractivity contribution in [3.05, 3.63) is 79.4 Å². The number of carbonyl (C=O) groups excluding carboxylic acids is 2. The van der Waals surface area contributed by atoms with Gasteiger partial charge in [0.15, 0.2) is 0 Å². The molecule has 2 aliphatic rings. The van der Waals surface area contributed by atoms with Crippen LogP contribution in [0.4, 0.5) is 10.5 Å². The van der Waals surface area contributed by atoms with E-state index in [1.807, 2.05) is 24.3 Å². The molecule has 2 saturated heterocycles. The monoisotopic (exact) mass is 599 g/mol. The van der Waals surface area contributed by atoms with Crippen molar-refractivity contribution in [1.29, 1.82) is 0 Å². The number of halogens is 1. The van der Waals surface area contributed by atoms with E-state index in [9.17, 15) is 14.4 Å². The predicted octanol–water partition coefficient (Wildman–Crippen LogP) is 3.24. The molecule has 2 fully saturated rings. The number of nitrogens with zero attached hydrogens (tertiary/aromatic N) is 4. The van der Waals surface area contributed by atoms with Crippen LogP contribution in [0.3, 0.4) is 0 Å². The number of rotatable bonds is 10. The zero-order chi connectivity index (χ0) is 28.9. The summed E-state index contributed by atoms with van der Waals surface area (Å²) in [6, 6.07) is 12.6. The minimum Gasteiger partial charge on any atom is -0.442 e. The summed E-state index contributed by atoms with van der Waals surface area (Å²) in [6.45, 7) is 5.64. The lowest BCUT2D eigenvalue weighted by Gasteiger charge is -2.32. The first-order valence-electron chi connectivity index (χ1n) is 13.6. The Morgan fingerprint density at radius 1 is 1.12 bits per heavy atom. The molecule has 5 rings (SSSR count). The van der Waals surface area contributed by atoms with Gasteiger partial charge in [0.1, 0.15) is 6.10 Å². The van der Waals surface area contributed by atoms with Gasteiger partial charge in [-0.1, -0.05) is 17.7 Å². The third-order valence-electron chi connectivity index (χ3n) is 7.41. The Bertz CT molecular complexity index is 1450. The molecular formula is C29H34ClN5O5S. The highest BCUT2D eigenvalue weighted by Crippen LogP contribution is 2.27. The minimum atomic E-state index is -0.507. The van der Waals surface area contributed by atoms with Crippen molar-refractivity contribution < 1.29 is 19.1 Å². The number of ether oxygens (including phenoxy) is 2. The number of methoxy groups -OCH3 is 1. The number of pyridine rings is 1. The molecule has 0 saturated carbocycles. The predicted molar refractivity (Wildman–Crippen MR) is 160 cm³/mol. The van der Waals surface area contributed by atoms with E-state index in [4.69, 9.17) is 21.1 Å². The van der Waals surface area contributed by atoms with E-state index in [1.165, 1.54) is 16.2 Å². The Morgan fingerprint density at radius 3 is 2.66 bits per heavy atom. The van der Waals surface area contributed by atoms with E-state index < -0.39 is 12.2 Å². The number of aromatic nitrogens is 1. The highest BCUT2D eigenvalue weighted by molar-refractivity contribution is 7.18. The van der Waals surface area contributed by atoms with Crippen LogP contribution in [0.25, 0.3) is 5.69 Å². The van der Waals surface area contributed by atoms with Crippen molar-refractivity contribution in [2.45, 2.75) is 19.1 Å². The molecule has 0 aliphatic carbocycles. The van der Waals surface area contributed by atoms with Crippen LogP contribution in [0.15, 0.2) is 53.5 Å². The average molecular weight is 600 g/mol. The number of likely N-dealkylation sites (N-methyl/N-ethyl adjacent to an activating group) is 1. The Labute approximate surface area is 248 Å². The molecule has 2 amide bonds. The third-order valence-corrected chi connectivity index (χ3v) is 8.64. The maximum atomic E-state index is 13.5. The molecule has 2 aliphatic heterocycles. The second kappa shape index (κ2) is 13.2. The van der Waals surface area contributed by atoms with Crippen LogP contribution in [0.1, 0.15) is 20.8 Å².